The Labute approximate surface area is 145 Å². The topological polar surface area (TPSA) is 45.7 Å². The zero-order chi connectivity index (χ0) is 14.1. The van der Waals surface area contributed by atoms with Gasteiger partial charge in [0.05, 0.1) is 12.6 Å². The Morgan fingerprint density at radius 3 is 2.70 bits per heavy atom. The number of nitrogens with one attached hydrogen (secondary N) is 2. The van der Waals surface area contributed by atoms with Gasteiger partial charge in [0.1, 0.15) is 0 Å². The molecule has 6 heteroatoms. The molecular weight excluding hydrogens is 385 g/mol. The largest absolute Gasteiger partial charge is 0.378 e. The molecule has 1 aliphatic heterocycles. The van der Waals surface area contributed by atoms with E-state index < -0.39 is 0 Å². The highest BCUT2D eigenvalue weighted by Gasteiger charge is 2.16. The van der Waals surface area contributed by atoms with Crippen molar-refractivity contribution in [2.75, 3.05) is 32.5 Å². The maximum atomic E-state index is 5.62. The standard InChI is InChI=1S/C14H29N3OS.HI/c1-5-15-13(17-11-14(2,3)19-4)16-9-8-12-7-6-10-18-12;/h12H,5-11H2,1-4H3,(H2,15,16,17);1H. The summed E-state index contributed by atoms with van der Waals surface area (Å²) in [6.07, 6.45) is 6.05. The molecular formula is C14H30IN3OS. The molecule has 120 valence electrons. The van der Waals surface area contributed by atoms with E-state index in [1.807, 2.05) is 11.8 Å². The average molecular weight is 415 g/mol. The number of hydrogen-bond acceptors (Lipinski definition) is 3. The van der Waals surface area contributed by atoms with E-state index in [1.165, 1.54) is 12.8 Å². The first-order chi connectivity index (χ1) is 9.07. The van der Waals surface area contributed by atoms with E-state index in [4.69, 9.17) is 4.74 Å². The van der Waals surface area contributed by atoms with Crippen LogP contribution in [0, 0.1) is 0 Å². The van der Waals surface area contributed by atoms with E-state index in [-0.39, 0.29) is 28.7 Å². The zero-order valence-corrected chi connectivity index (χ0v) is 16.3. The third-order valence-electron chi connectivity index (χ3n) is 3.30. The normalized spacial score (nSPS) is 19.6. The Kier molecular flexibility index (Phi) is 11.1. The van der Waals surface area contributed by atoms with E-state index in [1.54, 1.807) is 0 Å². The lowest BCUT2D eigenvalue weighted by Gasteiger charge is -2.20. The molecule has 1 fully saturated rings. The van der Waals surface area contributed by atoms with E-state index in [0.29, 0.717) is 6.10 Å². The lowest BCUT2D eigenvalue weighted by molar-refractivity contribution is 0.105. The Bertz CT molecular complexity index is 282. The van der Waals surface area contributed by atoms with Crippen molar-refractivity contribution in [2.45, 2.75) is 50.9 Å². The zero-order valence-electron chi connectivity index (χ0n) is 13.2. The van der Waals surface area contributed by atoms with Gasteiger partial charge in [-0.15, -0.1) is 24.0 Å². The number of aliphatic imine (C=N–C) groups is 1. The van der Waals surface area contributed by atoms with Crippen molar-refractivity contribution >= 4 is 41.7 Å². The molecule has 20 heavy (non-hydrogen) atoms. The monoisotopic (exact) mass is 415 g/mol. The Morgan fingerprint density at radius 1 is 1.40 bits per heavy atom. The van der Waals surface area contributed by atoms with E-state index in [2.05, 4.69) is 42.7 Å². The van der Waals surface area contributed by atoms with Crippen LogP contribution in [-0.2, 0) is 4.74 Å². The second-order valence-corrected chi connectivity index (χ2v) is 7.02. The molecule has 0 aromatic heterocycles. The molecule has 1 heterocycles. The minimum atomic E-state index is 0. The number of rotatable bonds is 7. The van der Waals surface area contributed by atoms with Gasteiger partial charge in [-0.2, -0.15) is 11.8 Å². The van der Waals surface area contributed by atoms with Crippen molar-refractivity contribution in [3.05, 3.63) is 0 Å². The molecule has 1 atom stereocenters. The minimum absolute atomic E-state index is 0. The number of ether oxygens (including phenoxy) is 1. The van der Waals surface area contributed by atoms with Crippen LogP contribution in [0.25, 0.3) is 0 Å². The fourth-order valence-electron chi connectivity index (χ4n) is 1.90. The van der Waals surface area contributed by atoms with Gasteiger partial charge in [0, 0.05) is 24.4 Å². The maximum absolute atomic E-state index is 5.62. The van der Waals surface area contributed by atoms with Crippen molar-refractivity contribution in [3.63, 3.8) is 0 Å². The fourth-order valence-corrected chi connectivity index (χ4v) is 2.09. The summed E-state index contributed by atoms with van der Waals surface area (Å²) in [7, 11) is 0. The summed E-state index contributed by atoms with van der Waals surface area (Å²) in [5.41, 5.74) is 0. The molecule has 1 unspecified atom stereocenters. The van der Waals surface area contributed by atoms with Crippen LogP contribution >= 0.6 is 35.7 Å². The molecule has 1 saturated heterocycles. The molecule has 0 bridgehead atoms. The van der Waals surface area contributed by atoms with Gasteiger partial charge in [0.2, 0.25) is 0 Å². The first kappa shape index (κ1) is 20.3. The van der Waals surface area contributed by atoms with Crippen LogP contribution in [0.15, 0.2) is 4.99 Å². The van der Waals surface area contributed by atoms with Gasteiger partial charge in [-0.05, 0) is 46.3 Å². The summed E-state index contributed by atoms with van der Waals surface area (Å²) >= 11 is 1.85. The summed E-state index contributed by atoms with van der Waals surface area (Å²) in [4.78, 5) is 4.65. The van der Waals surface area contributed by atoms with Crippen molar-refractivity contribution in [2.24, 2.45) is 4.99 Å². The molecule has 1 aliphatic rings. The van der Waals surface area contributed by atoms with Gasteiger partial charge in [-0.1, -0.05) is 0 Å². The molecule has 0 amide bonds. The SMILES string of the molecule is CCNC(=NCC(C)(C)SC)NCCC1CCCO1.I. The molecule has 1 rings (SSSR count). The van der Waals surface area contributed by atoms with Crippen LogP contribution in [0.2, 0.25) is 0 Å². The molecule has 0 spiro atoms. The highest BCUT2D eigenvalue weighted by molar-refractivity contribution is 14.0. The van der Waals surface area contributed by atoms with Gasteiger partial charge in [0.25, 0.3) is 0 Å². The Hall–Kier alpha value is 0.310. The van der Waals surface area contributed by atoms with Crippen molar-refractivity contribution in [3.8, 4) is 0 Å². The molecule has 0 aromatic carbocycles. The Balaban J connectivity index is 0.00000361. The average Bonchev–Trinajstić information content (AvgIpc) is 2.89. The second kappa shape index (κ2) is 11.0. The summed E-state index contributed by atoms with van der Waals surface area (Å²) < 4.78 is 5.81. The predicted octanol–water partition coefficient (Wildman–Crippen LogP) is 2.87. The van der Waals surface area contributed by atoms with Crippen molar-refractivity contribution in [1.82, 2.24) is 10.6 Å². The van der Waals surface area contributed by atoms with Gasteiger partial charge in [0.15, 0.2) is 5.96 Å². The van der Waals surface area contributed by atoms with Gasteiger partial charge in [-0.25, -0.2) is 0 Å². The third-order valence-corrected chi connectivity index (χ3v) is 4.53. The predicted molar refractivity (Wildman–Crippen MR) is 101 cm³/mol. The molecule has 2 N–H and O–H groups in total. The Morgan fingerprint density at radius 2 is 2.15 bits per heavy atom. The van der Waals surface area contributed by atoms with E-state index >= 15 is 0 Å². The molecule has 0 aromatic rings. The summed E-state index contributed by atoms with van der Waals surface area (Å²) in [5, 5.41) is 6.69. The molecule has 0 aliphatic carbocycles. The highest BCUT2D eigenvalue weighted by Crippen LogP contribution is 2.21. The number of halogens is 1. The quantitative estimate of drug-likeness (QED) is 0.381. The maximum Gasteiger partial charge on any atom is 0.191 e. The summed E-state index contributed by atoms with van der Waals surface area (Å²) in [6.45, 7) is 10.1. The smallest absolute Gasteiger partial charge is 0.191 e. The van der Waals surface area contributed by atoms with Crippen LogP contribution in [0.5, 0.6) is 0 Å². The van der Waals surface area contributed by atoms with Crippen LogP contribution in [-0.4, -0.2) is 49.3 Å². The van der Waals surface area contributed by atoms with E-state index in [9.17, 15) is 0 Å². The summed E-state index contributed by atoms with van der Waals surface area (Å²) in [6, 6.07) is 0. The van der Waals surface area contributed by atoms with E-state index in [0.717, 1.165) is 38.6 Å². The summed E-state index contributed by atoms with van der Waals surface area (Å²) in [5.74, 6) is 0.919. The number of nitrogens with zero attached hydrogens (tertiary/aromatic N) is 1. The number of thioether (sulfide) groups is 1. The molecule has 4 nitrogen and oxygen atoms in total. The van der Waals surface area contributed by atoms with Gasteiger partial charge >= 0.3 is 0 Å². The first-order valence-electron chi connectivity index (χ1n) is 7.26. The highest BCUT2D eigenvalue weighted by atomic mass is 127. The van der Waals surface area contributed by atoms with Crippen LogP contribution in [0.1, 0.15) is 40.0 Å². The molecule has 0 saturated carbocycles. The number of guanidine groups is 1. The van der Waals surface area contributed by atoms with Crippen LogP contribution in [0.3, 0.4) is 0 Å². The van der Waals surface area contributed by atoms with Crippen LogP contribution < -0.4 is 10.6 Å². The second-order valence-electron chi connectivity index (χ2n) is 5.51. The van der Waals surface area contributed by atoms with Gasteiger partial charge in [-0.3, -0.25) is 4.99 Å². The lowest BCUT2D eigenvalue weighted by Crippen LogP contribution is -2.39. The van der Waals surface area contributed by atoms with Crippen molar-refractivity contribution < 1.29 is 4.74 Å². The minimum Gasteiger partial charge on any atom is -0.378 e. The van der Waals surface area contributed by atoms with Crippen LogP contribution in [0.4, 0.5) is 0 Å². The van der Waals surface area contributed by atoms with Crippen molar-refractivity contribution in [1.29, 1.82) is 0 Å². The fraction of sp³-hybridized carbons (Fsp3) is 0.929. The molecule has 0 radical (unpaired) electrons. The lowest BCUT2D eigenvalue weighted by atomic mass is 10.2. The van der Waals surface area contributed by atoms with Gasteiger partial charge < -0.3 is 15.4 Å². The first-order valence-corrected chi connectivity index (χ1v) is 8.49. The number of hydrogen-bond donors (Lipinski definition) is 2. The third kappa shape index (κ3) is 8.56.